The van der Waals surface area contributed by atoms with E-state index in [1.54, 1.807) is 17.4 Å². The van der Waals surface area contributed by atoms with Crippen molar-refractivity contribution >= 4 is 22.9 Å². The maximum absolute atomic E-state index is 13.3. The Morgan fingerprint density at radius 3 is 2.41 bits per heavy atom. The van der Waals surface area contributed by atoms with Crippen LogP contribution < -0.4 is 0 Å². The monoisotopic (exact) mass is 268 g/mol. The molecule has 0 aliphatic heterocycles. The molecule has 0 bridgehead atoms. The summed E-state index contributed by atoms with van der Waals surface area (Å²) in [6.07, 6.45) is 0. The van der Waals surface area contributed by atoms with Crippen molar-refractivity contribution in [1.29, 1.82) is 0 Å². The van der Waals surface area contributed by atoms with Crippen LogP contribution >= 0.6 is 22.9 Å². The maximum Gasteiger partial charge on any atom is 0.123 e. The molecule has 1 atom stereocenters. The zero-order chi connectivity index (χ0) is 12.6. The first-order chi connectivity index (χ1) is 7.99. The first-order valence-corrected chi connectivity index (χ1v) is 6.71. The van der Waals surface area contributed by atoms with Crippen LogP contribution in [0, 0.1) is 26.6 Å². The molecule has 2 aromatic rings. The highest BCUT2D eigenvalue weighted by atomic mass is 35.5. The second kappa shape index (κ2) is 4.79. The molecule has 0 radical (unpaired) electrons. The Kier molecular flexibility index (Phi) is 3.55. The van der Waals surface area contributed by atoms with Crippen LogP contribution in [0.3, 0.4) is 0 Å². The molecule has 0 aliphatic rings. The van der Waals surface area contributed by atoms with Gasteiger partial charge < -0.3 is 0 Å². The molecular weight excluding hydrogens is 255 g/mol. The molecule has 0 aliphatic carbocycles. The van der Waals surface area contributed by atoms with Gasteiger partial charge in [0.25, 0.3) is 0 Å². The highest BCUT2D eigenvalue weighted by Crippen LogP contribution is 2.36. The van der Waals surface area contributed by atoms with Gasteiger partial charge >= 0.3 is 0 Å². The van der Waals surface area contributed by atoms with E-state index in [-0.39, 0.29) is 11.2 Å². The molecule has 0 amide bonds. The Hall–Kier alpha value is -0.860. The van der Waals surface area contributed by atoms with Crippen molar-refractivity contribution in [2.45, 2.75) is 26.1 Å². The summed E-state index contributed by atoms with van der Waals surface area (Å²) in [4.78, 5) is 2.43. The van der Waals surface area contributed by atoms with Crippen LogP contribution in [0.2, 0.25) is 0 Å². The van der Waals surface area contributed by atoms with Gasteiger partial charge in [0.1, 0.15) is 5.82 Å². The fourth-order valence-electron chi connectivity index (χ4n) is 1.95. The summed E-state index contributed by atoms with van der Waals surface area (Å²) in [5, 5.41) is -0.268. The van der Waals surface area contributed by atoms with E-state index in [1.165, 1.54) is 21.9 Å². The van der Waals surface area contributed by atoms with E-state index in [9.17, 15) is 4.39 Å². The van der Waals surface area contributed by atoms with Crippen LogP contribution in [-0.2, 0) is 0 Å². The van der Waals surface area contributed by atoms with Crippen LogP contribution in [0.25, 0.3) is 0 Å². The average molecular weight is 269 g/mol. The Morgan fingerprint density at radius 2 is 1.82 bits per heavy atom. The predicted octanol–water partition coefficient (Wildman–Crippen LogP) is 5.14. The number of hydrogen-bond donors (Lipinski definition) is 0. The Bertz CT molecular complexity index is 545. The van der Waals surface area contributed by atoms with Gasteiger partial charge in [-0.25, -0.2) is 4.39 Å². The molecule has 0 spiro atoms. The molecule has 1 aromatic heterocycles. The number of rotatable bonds is 2. The molecule has 0 saturated heterocycles. The Labute approximate surface area is 110 Å². The van der Waals surface area contributed by atoms with Gasteiger partial charge in [-0.3, -0.25) is 0 Å². The first-order valence-electron chi connectivity index (χ1n) is 5.46. The number of alkyl halides is 1. The number of hydrogen-bond acceptors (Lipinski definition) is 1. The smallest absolute Gasteiger partial charge is 0.123 e. The van der Waals surface area contributed by atoms with Gasteiger partial charge in [-0.15, -0.1) is 22.9 Å². The SMILES string of the molecule is Cc1cc(C(Cl)c2cc(F)ccc2C)c(C)s1. The number of thiophene rings is 1. The van der Waals surface area contributed by atoms with E-state index in [0.717, 1.165) is 16.7 Å². The lowest BCUT2D eigenvalue weighted by atomic mass is 10.0. The van der Waals surface area contributed by atoms with E-state index >= 15 is 0 Å². The Balaban J connectivity index is 2.46. The Morgan fingerprint density at radius 1 is 1.12 bits per heavy atom. The van der Waals surface area contributed by atoms with Crippen molar-refractivity contribution in [3.8, 4) is 0 Å². The molecule has 0 saturated carbocycles. The van der Waals surface area contributed by atoms with Crippen LogP contribution in [0.4, 0.5) is 4.39 Å². The summed E-state index contributed by atoms with van der Waals surface area (Å²) in [5.41, 5.74) is 2.96. The second-order valence-electron chi connectivity index (χ2n) is 4.23. The molecule has 90 valence electrons. The van der Waals surface area contributed by atoms with Crippen molar-refractivity contribution in [2.24, 2.45) is 0 Å². The minimum atomic E-state index is -0.268. The zero-order valence-corrected chi connectivity index (χ0v) is 11.6. The van der Waals surface area contributed by atoms with Crippen LogP contribution in [-0.4, -0.2) is 0 Å². The summed E-state index contributed by atoms with van der Waals surface area (Å²) >= 11 is 8.19. The number of aryl methyl sites for hydroxylation is 3. The lowest BCUT2D eigenvalue weighted by Gasteiger charge is -2.13. The standard InChI is InChI=1S/C14H14ClFS/c1-8-4-5-11(16)7-12(8)14(15)13-6-9(2)17-10(13)3/h4-7,14H,1-3H3. The zero-order valence-electron chi connectivity index (χ0n) is 10.1. The molecule has 17 heavy (non-hydrogen) atoms. The maximum atomic E-state index is 13.3. The van der Waals surface area contributed by atoms with Gasteiger partial charge in [0, 0.05) is 9.75 Å². The quantitative estimate of drug-likeness (QED) is 0.662. The fourth-order valence-corrected chi connectivity index (χ4v) is 3.44. The molecule has 1 heterocycles. The van der Waals surface area contributed by atoms with Gasteiger partial charge in [0.05, 0.1) is 5.38 Å². The third-order valence-corrected chi connectivity index (χ3v) is 4.32. The van der Waals surface area contributed by atoms with Gasteiger partial charge in [0.2, 0.25) is 0 Å². The summed E-state index contributed by atoms with van der Waals surface area (Å²) < 4.78 is 13.3. The minimum Gasteiger partial charge on any atom is -0.207 e. The minimum absolute atomic E-state index is 0.235. The number of benzene rings is 1. The summed E-state index contributed by atoms with van der Waals surface area (Å²) in [7, 11) is 0. The van der Waals surface area contributed by atoms with Crippen molar-refractivity contribution in [3.05, 3.63) is 56.5 Å². The highest BCUT2D eigenvalue weighted by molar-refractivity contribution is 7.12. The lowest BCUT2D eigenvalue weighted by molar-refractivity contribution is 0.625. The van der Waals surface area contributed by atoms with Crippen molar-refractivity contribution in [1.82, 2.24) is 0 Å². The molecule has 0 nitrogen and oxygen atoms in total. The van der Waals surface area contributed by atoms with Crippen LogP contribution in [0.15, 0.2) is 24.3 Å². The van der Waals surface area contributed by atoms with Gasteiger partial charge in [0.15, 0.2) is 0 Å². The van der Waals surface area contributed by atoms with Crippen molar-refractivity contribution in [2.75, 3.05) is 0 Å². The summed E-state index contributed by atoms with van der Waals surface area (Å²) in [6.45, 7) is 6.07. The first kappa shape index (κ1) is 12.6. The van der Waals surface area contributed by atoms with E-state index in [0.29, 0.717) is 0 Å². The molecule has 1 unspecified atom stereocenters. The van der Waals surface area contributed by atoms with Gasteiger partial charge in [-0.1, -0.05) is 6.07 Å². The third-order valence-electron chi connectivity index (χ3n) is 2.87. The lowest BCUT2D eigenvalue weighted by Crippen LogP contribution is -1.97. The topological polar surface area (TPSA) is 0 Å². The highest BCUT2D eigenvalue weighted by Gasteiger charge is 2.17. The van der Waals surface area contributed by atoms with Crippen LogP contribution in [0.1, 0.15) is 31.8 Å². The van der Waals surface area contributed by atoms with Crippen LogP contribution in [0.5, 0.6) is 0 Å². The van der Waals surface area contributed by atoms with Gasteiger partial charge in [-0.05, 0) is 55.7 Å². The van der Waals surface area contributed by atoms with Crippen molar-refractivity contribution < 1.29 is 4.39 Å². The largest absolute Gasteiger partial charge is 0.207 e. The average Bonchev–Trinajstić information content (AvgIpc) is 2.60. The molecule has 0 fully saturated rings. The van der Waals surface area contributed by atoms with E-state index in [4.69, 9.17) is 11.6 Å². The second-order valence-corrected chi connectivity index (χ2v) is 6.13. The molecule has 0 N–H and O–H groups in total. The molecule has 2 rings (SSSR count). The summed E-state index contributed by atoms with van der Waals surface area (Å²) in [5.74, 6) is -0.235. The normalized spacial score (nSPS) is 12.8. The fraction of sp³-hybridized carbons (Fsp3) is 0.286. The molecule has 1 aromatic carbocycles. The van der Waals surface area contributed by atoms with E-state index in [1.807, 2.05) is 6.92 Å². The van der Waals surface area contributed by atoms with Crippen molar-refractivity contribution in [3.63, 3.8) is 0 Å². The predicted molar refractivity (Wildman–Crippen MR) is 72.6 cm³/mol. The number of halogens is 2. The van der Waals surface area contributed by atoms with E-state index in [2.05, 4.69) is 19.9 Å². The van der Waals surface area contributed by atoms with Gasteiger partial charge in [-0.2, -0.15) is 0 Å². The molecular formula is C14H14ClFS. The molecule has 3 heteroatoms. The summed E-state index contributed by atoms with van der Waals surface area (Å²) in [6, 6.07) is 6.85. The van der Waals surface area contributed by atoms with E-state index < -0.39 is 0 Å². The third kappa shape index (κ3) is 2.53.